The second kappa shape index (κ2) is 5.91. The van der Waals surface area contributed by atoms with Gasteiger partial charge in [0.25, 0.3) is 5.91 Å². The lowest BCUT2D eigenvalue weighted by Gasteiger charge is -2.12. The summed E-state index contributed by atoms with van der Waals surface area (Å²) in [5.41, 5.74) is 1.08. The lowest BCUT2D eigenvalue weighted by molar-refractivity contribution is 0.0865. The minimum absolute atomic E-state index is 0.133. The molecule has 1 aromatic carbocycles. The fourth-order valence-corrected chi connectivity index (χ4v) is 1.70. The normalized spacial score (nSPS) is 11.6. The minimum Gasteiger partial charge on any atom is -0.342 e. The average Bonchev–Trinajstić information content (AvgIpc) is 2.48. The van der Waals surface area contributed by atoms with Crippen LogP contribution in [0.1, 0.15) is 27.6 Å². The maximum atomic E-state index is 12.1. The lowest BCUT2D eigenvalue weighted by atomic mass is 10.1. The van der Waals surface area contributed by atoms with Gasteiger partial charge in [-0.3, -0.25) is 14.6 Å². The summed E-state index contributed by atoms with van der Waals surface area (Å²) in [5, 5.41) is 2.69. The van der Waals surface area contributed by atoms with Crippen molar-refractivity contribution in [3.8, 4) is 0 Å². The summed E-state index contributed by atoms with van der Waals surface area (Å²) >= 11 is 0. The first-order valence-electron chi connectivity index (χ1n) is 5.98. The first kappa shape index (κ1) is 13.0. The van der Waals surface area contributed by atoms with E-state index in [1.54, 1.807) is 55.7 Å². The number of nitrogens with one attached hydrogen (secondary N) is 1. The quantitative estimate of drug-likeness (QED) is 0.850. The second-order valence-corrected chi connectivity index (χ2v) is 4.16. The van der Waals surface area contributed by atoms with E-state index in [1.165, 1.54) is 0 Å². The molecule has 19 heavy (non-hydrogen) atoms. The van der Waals surface area contributed by atoms with Crippen LogP contribution in [0.5, 0.6) is 0 Å². The van der Waals surface area contributed by atoms with Crippen LogP contribution >= 0.6 is 0 Å². The van der Waals surface area contributed by atoms with Gasteiger partial charge in [0.2, 0.25) is 0 Å². The third-order valence-corrected chi connectivity index (χ3v) is 2.74. The van der Waals surface area contributed by atoms with E-state index in [-0.39, 0.29) is 11.7 Å². The molecular weight excluding hydrogens is 240 g/mol. The van der Waals surface area contributed by atoms with Gasteiger partial charge < -0.3 is 5.32 Å². The SMILES string of the molecule is CC(NC(=O)c1ccccc1)C(=O)c1ccncc1. The first-order valence-corrected chi connectivity index (χ1v) is 5.98. The van der Waals surface area contributed by atoms with Gasteiger partial charge in [-0.15, -0.1) is 0 Å². The van der Waals surface area contributed by atoms with Crippen molar-refractivity contribution in [1.29, 1.82) is 0 Å². The number of pyridine rings is 1. The highest BCUT2D eigenvalue weighted by atomic mass is 16.2. The predicted molar refractivity (Wildman–Crippen MR) is 71.9 cm³/mol. The van der Waals surface area contributed by atoms with E-state index in [0.717, 1.165) is 0 Å². The molecule has 1 amide bonds. The number of nitrogens with zero attached hydrogens (tertiary/aromatic N) is 1. The first-order chi connectivity index (χ1) is 9.18. The van der Waals surface area contributed by atoms with Crippen molar-refractivity contribution in [2.75, 3.05) is 0 Å². The topological polar surface area (TPSA) is 59.1 Å². The molecule has 0 radical (unpaired) electrons. The molecule has 1 atom stereocenters. The zero-order valence-corrected chi connectivity index (χ0v) is 10.5. The van der Waals surface area contributed by atoms with Crippen molar-refractivity contribution in [2.45, 2.75) is 13.0 Å². The Kier molecular flexibility index (Phi) is 4.03. The molecule has 96 valence electrons. The molecular formula is C15H14N2O2. The minimum atomic E-state index is -0.574. The summed E-state index contributed by atoms with van der Waals surface area (Å²) in [7, 11) is 0. The van der Waals surface area contributed by atoms with Crippen LogP contribution in [0.4, 0.5) is 0 Å². The highest BCUT2D eigenvalue weighted by Crippen LogP contribution is 2.04. The maximum absolute atomic E-state index is 12.1. The zero-order valence-electron chi connectivity index (χ0n) is 10.5. The molecule has 1 aromatic heterocycles. The summed E-state index contributed by atoms with van der Waals surface area (Å²) in [4.78, 5) is 27.8. The number of hydrogen-bond acceptors (Lipinski definition) is 3. The highest BCUT2D eigenvalue weighted by molar-refractivity contribution is 6.03. The number of carbonyl (C=O) groups excluding carboxylic acids is 2. The van der Waals surface area contributed by atoms with Crippen LogP contribution < -0.4 is 5.32 Å². The Balaban J connectivity index is 2.04. The van der Waals surface area contributed by atoms with Crippen LogP contribution in [0, 0.1) is 0 Å². The van der Waals surface area contributed by atoms with E-state index in [2.05, 4.69) is 10.3 Å². The maximum Gasteiger partial charge on any atom is 0.251 e. The second-order valence-electron chi connectivity index (χ2n) is 4.16. The number of amides is 1. The standard InChI is InChI=1S/C15H14N2O2/c1-11(14(18)12-7-9-16-10-8-12)17-15(19)13-5-3-2-4-6-13/h2-11H,1H3,(H,17,19). The molecule has 0 aliphatic heterocycles. The van der Waals surface area contributed by atoms with E-state index in [1.807, 2.05) is 6.07 Å². The van der Waals surface area contributed by atoms with Gasteiger partial charge in [0.05, 0.1) is 6.04 Å². The van der Waals surface area contributed by atoms with Crippen molar-refractivity contribution in [3.05, 3.63) is 66.0 Å². The monoisotopic (exact) mass is 254 g/mol. The summed E-state index contributed by atoms with van der Waals surface area (Å²) in [6.45, 7) is 1.67. The van der Waals surface area contributed by atoms with E-state index < -0.39 is 6.04 Å². The third kappa shape index (κ3) is 3.25. The highest BCUT2D eigenvalue weighted by Gasteiger charge is 2.17. The summed E-state index contributed by atoms with van der Waals surface area (Å²) in [6, 6.07) is 11.5. The Labute approximate surface area is 111 Å². The molecule has 2 aromatic rings. The van der Waals surface area contributed by atoms with Crippen LogP contribution in [0.25, 0.3) is 0 Å². The van der Waals surface area contributed by atoms with Gasteiger partial charge in [0.1, 0.15) is 0 Å². The van der Waals surface area contributed by atoms with Crippen molar-refractivity contribution < 1.29 is 9.59 Å². The van der Waals surface area contributed by atoms with Crippen LogP contribution in [-0.4, -0.2) is 22.7 Å². The Bertz CT molecular complexity index is 567. The van der Waals surface area contributed by atoms with Crippen molar-refractivity contribution in [2.24, 2.45) is 0 Å². The third-order valence-electron chi connectivity index (χ3n) is 2.74. The molecule has 4 heteroatoms. The lowest BCUT2D eigenvalue weighted by Crippen LogP contribution is -2.38. The number of benzene rings is 1. The fourth-order valence-electron chi connectivity index (χ4n) is 1.70. The van der Waals surface area contributed by atoms with Gasteiger partial charge in [-0.1, -0.05) is 18.2 Å². The van der Waals surface area contributed by atoms with Gasteiger partial charge in [0, 0.05) is 23.5 Å². The van der Waals surface area contributed by atoms with Crippen molar-refractivity contribution in [3.63, 3.8) is 0 Å². The predicted octanol–water partition coefficient (Wildman–Crippen LogP) is 2.08. The Hall–Kier alpha value is -2.49. The molecule has 0 bridgehead atoms. The van der Waals surface area contributed by atoms with E-state index in [9.17, 15) is 9.59 Å². The number of Topliss-reactive ketones (excluding diaryl/α,β-unsaturated/α-hetero) is 1. The van der Waals surface area contributed by atoms with Gasteiger partial charge in [-0.2, -0.15) is 0 Å². The van der Waals surface area contributed by atoms with Crippen LogP contribution in [0.15, 0.2) is 54.9 Å². The number of ketones is 1. The molecule has 0 saturated carbocycles. The Morgan fingerprint density at radius 2 is 1.63 bits per heavy atom. The molecule has 1 N–H and O–H groups in total. The zero-order chi connectivity index (χ0) is 13.7. The van der Waals surface area contributed by atoms with Crippen LogP contribution in [0.2, 0.25) is 0 Å². The van der Waals surface area contributed by atoms with Gasteiger partial charge in [-0.25, -0.2) is 0 Å². The molecule has 0 spiro atoms. The molecule has 0 fully saturated rings. The number of hydrogen-bond donors (Lipinski definition) is 1. The fraction of sp³-hybridized carbons (Fsp3) is 0.133. The van der Waals surface area contributed by atoms with Gasteiger partial charge in [0.15, 0.2) is 5.78 Å². The summed E-state index contributed by atoms with van der Waals surface area (Å²) in [6.07, 6.45) is 3.11. The number of carbonyl (C=O) groups is 2. The molecule has 0 saturated heterocycles. The molecule has 1 heterocycles. The van der Waals surface area contributed by atoms with Gasteiger partial charge in [-0.05, 0) is 31.2 Å². The van der Waals surface area contributed by atoms with Crippen LogP contribution in [-0.2, 0) is 0 Å². The summed E-state index contributed by atoms with van der Waals surface area (Å²) < 4.78 is 0. The Morgan fingerprint density at radius 1 is 1.00 bits per heavy atom. The van der Waals surface area contributed by atoms with E-state index in [4.69, 9.17) is 0 Å². The molecule has 1 unspecified atom stereocenters. The average molecular weight is 254 g/mol. The van der Waals surface area contributed by atoms with E-state index in [0.29, 0.717) is 11.1 Å². The molecule has 4 nitrogen and oxygen atoms in total. The van der Waals surface area contributed by atoms with Crippen molar-refractivity contribution >= 4 is 11.7 Å². The summed E-state index contributed by atoms with van der Waals surface area (Å²) in [5.74, 6) is -0.387. The molecule has 0 aliphatic carbocycles. The van der Waals surface area contributed by atoms with Gasteiger partial charge >= 0.3 is 0 Å². The largest absolute Gasteiger partial charge is 0.342 e. The van der Waals surface area contributed by atoms with Crippen molar-refractivity contribution in [1.82, 2.24) is 10.3 Å². The number of aromatic nitrogens is 1. The molecule has 2 rings (SSSR count). The Morgan fingerprint density at radius 3 is 2.26 bits per heavy atom. The molecule has 0 aliphatic rings. The van der Waals surface area contributed by atoms with Crippen LogP contribution in [0.3, 0.4) is 0 Å². The number of rotatable bonds is 4. The smallest absolute Gasteiger partial charge is 0.251 e. The van der Waals surface area contributed by atoms with E-state index >= 15 is 0 Å².